The molecular weight excluding hydrogens is 440 g/mol. The predicted molar refractivity (Wildman–Crippen MR) is 158 cm³/mol. The number of esters is 1. The third-order valence-corrected chi connectivity index (χ3v) is 8.10. The molecule has 2 nitrogen and oxygen atoms in total. The maximum Gasteiger partial charge on any atom is 0.321 e. The van der Waals surface area contributed by atoms with Crippen LogP contribution in [0, 0.1) is 5.92 Å². The quantitative estimate of drug-likeness (QED) is 0.0782. The summed E-state index contributed by atoms with van der Waals surface area (Å²) in [4.78, 5) is 11.9. The van der Waals surface area contributed by atoms with Crippen LogP contribution in [0.25, 0.3) is 0 Å². The maximum atomic E-state index is 11.9. The van der Waals surface area contributed by atoms with E-state index in [1.165, 1.54) is 167 Å². The molecule has 0 amide bonds. The molecule has 1 aliphatic heterocycles. The summed E-state index contributed by atoms with van der Waals surface area (Å²) in [6.07, 6.45) is 40.3. The first-order valence-corrected chi connectivity index (χ1v) is 16.7. The summed E-state index contributed by atoms with van der Waals surface area (Å²) in [5.41, 5.74) is 0. The summed E-state index contributed by atoms with van der Waals surface area (Å²) in [5.74, 6) is 1.09. The van der Waals surface area contributed by atoms with Crippen LogP contribution in [0.15, 0.2) is 11.8 Å². The van der Waals surface area contributed by atoms with E-state index in [4.69, 9.17) is 4.74 Å². The normalized spacial score (nSPS) is 16.4. The molecule has 36 heavy (non-hydrogen) atoms. The van der Waals surface area contributed by atoms with Gasteiger partial charge in [0.15, 0.2) is 0 Å². The number of allylic oxidation sites excluding steroid dienone is 1. The van der Waals surface area contributed by atoms with E-state index in [1.54, 1.807) is 0 Å². The topological polar surface area (TPSA) is 26.3 Å². The molecule has 0 spiro atoms. The standard InChI is InChI=1S/C34H64O2/c1-3-5-7-9-11-13-15-17-19-20-22-24-26-28-30-32-33(36-34(32)35)31-29-27-25-23-21-18-16-14-12-10-8-6-4-2/h31-32H,3-30H2,1-2H3/b33-31+. The van der Waals surface area contributed by atoms with Crippen LogP contribution in [0.3, 0.4) is 0 Å². The molecule has 0 aromatic heterocycles. The molecule has 1 fully saturated rings. The lowest BCUT2D eigenvalue weighted by atomic mass is 9.93. The lowest BCUT2D eigenvalue weighted by Gasteiger charge is -2.28. The molecule has 0 aliphatic carbocycles. The van der Waals surface area contributed by atoms with Crippen LogP contribution in [0.2, 0.25) is 0 Å². The highest BCUT2D eigenvalue weighted by molar-refractivity contribution is 5.82. The summed E-state index contributed by atoms with van der Waals surface area (Å²) in [5, 5.41) is 0. The Morgan fingerprint density at radius 1 is 0.500 bits per heavy atom. The van der Waals surface area contributed by atoms with E-state index < -0.39 is 0 Å². The number of ether oxygens (including phenoxy) is 1. The molecule has 0 saturated carbocycles. The number of carbonyl (C=O) groups excluding carboxylic acids is 1. The largest absolute Gasteiger partial charge is 0.430 e. The van der Waals surface area contributed by atoms with Crippen LogP contribution in [0.4, 0.5) is 0 Å². The Balaban J connectivity index is 1.86. The summed E-state index contributed by atoms with van der Waals surface area (Å²) >= 11 is 0. The van der Waals surface area contributed by atoms with Gasteiger partial charge in [-0.2, -0.15) is 0 Å². The minimum Gasteiger partial charge on any atom is -0.430 e. The van der Waals surface area contributed by atoms with Gasteiger partial charge in [0, 0.05) is 0 Å². The number of unbranched alkanes of at least 4 members (excludes halogenated alkanes) is 25. The monoisotopic (exact) mass is 504 g/mol. The van der Waals surface area contributed by atoms with Gasteiger partial charge in [0.05, 0.1) is 0 Å². The second-order valence-corrected chi connectivity index (χ2v) is 11.6. The van der Waals surface area contributed by atoms with Crippen molar-refractivity contribution in [2.75, 3.05) is 0 Å². The van der Waals surface area contributed by atoms with Gasteiger partial charge in [-0.25, -0.2) is 0 Å². The highest BCUT2D eigenvalue weighted by Crippen LogP contribution is 2.32. The summed E-state index contributed by atoms with van der Waals surface area (Å²) in [6.45, 7) is 4.58. The smallest absolute Gasteiger partial charge is 0.321 e. The Morgan fingerprint density at radius 2 is 0.833 bits per heavy atom. The lowest BCUT2D eigenvalue weighted by Crippen LogP contribution is -2.32. The lowest BCUT2D eigenvalue weighted by molar-refractivity contribution is -0.157. The first-order valence-electron chi connectivity index (χ1n) is 16.7. The summed E-state index contributed by atoms with van der Waals surface area (Å²) < 4.78 is 5.35. The molecule has 1 atom stereocenters. The van der Waals surface area contributed by atoms with Crippen LogP contribution in [-0.2, 0) is 9.53 Å². The number of hydrogen-bond acceptors (Lipinski definition) is 2. The first-order chi connectivity index (χ1) is 17.8. The van der Waals surface area contributed by atoms with Gasteiger partial charge in [-0.05, 0) is 25.3 Å². The molecule has 1 unspecified atom stereocenters. The predicted octanol–water partition coefficient (Wildman–Crippen LogP) is 12.0. The van der Waals surface area contributed by atoms with Crippen molar-refractivity contribution in [3.8, 4) is 0 Å². The molecule has 1 aliphatic rings. The van der Waals surface area contributed by atoms with E-state index in [2.05, 4.69) is 19.9 Å². The molecule has 0 N–H and O–H groups in total. The fourth-order valence-electron chi connectivity index (χ4n) is 5.53. The van der Waals surface area contributed by atoms with Gasteiger partial charge >= 0.3 is 5.97 Å². The van der Waals surface area contributed by atoms with Crippen molar-refractivity contribution in [3.63, 3.8) is 0 Å². The van der Waals surface area contributed by atoms with Crippen molar-refractivity contribution in [2.45, 2.75) is 194 Å². The highest BCUT2D eigenvalue weighted by Gasteiger charge is 2.36. The van der Waals surface area contributed by atoms with Crippen LogP contribution in [0.1, 0.15) is 194 Å². The van der Waals surface area contributed by atoms with Gasteiger partial charge in [0.25, 0.3) is 0 Å². The van der Waals surface area contributed by atoms with Gasteiger partial charge in [-0.15, -0.1) is 0 Å². The van der Waals surface area contributed by atoms with E-state index in [9.17, 15) is 4.79 Å². The minimum absolute atomic E-state index is 0.0191. The zero-order chi connectivity index (χ0) is 25.9. The van der Waals surface area contributed by atoms with Gasteiger partial charge in [-0.1, -0.05) is 174 Å². The number of rotatable bonds is 28. The van der Waals surface area contributed by atoms with Gasteiger partial charge in [-0.3, -0.25) is 4.79 Å². The van der Waals surface area contributed by atoms with Crippen LogP contribution < -0.4 is 0 Å². The average molecular weight is 505 g/mol. The summed E-state index contributed by atoms with van der Waals surface area (Å²) in [7, 11) is 0. The van der Waals surface area contributed by atoms with E-state index in [0.29, 0.717) is 0 Å². The molecule has 0 aromatic rings. The van der Waals surface area contributed by atoms with Crippen molar-refractivity contribution in [1.82, 2.24) is 0 Å². The Kier molecular flexibility index (Phi) is 23.9. The van der Waals surface area contributed by atoms with Crippen molar-refractivity contribution in [2.24, 2.45) is 5.92 Å². The second-order valence-electron chi connectivity index (χ2n) is 11.6. The second kappa shape index (κ2) is 25.8. The molecule has 1 saturated heterocycles. The molecule has 0 radical (unpaired) electrons. The molecule has 0 aromatic carbocycles. The fourth-order valence-corrected chi connectivity index (χ4v) is 5.53. The minimum atomic E-state index is 0.0191. The van der Waals surface area contributed by atoms with Crippen molar-refractivity contribution >= 4 is 5.97 Å². The molecule has 212 valence electrons. The van der Waals surface area contributed by atoms with E-state index in [1.807, 2.05) is 0 Å². The molecule has 0 bridgehead atoms. The highest BCUT2D eigenvalue weighted by atomic mass is 16.6. The van der Waals surface area contributed by atoms with Crippen LogP contribution in [0.5, 0.6) is 0 Å². The first kappa shape index (κ1) is 33.2. The molecular formula is C34H64O2. The number of carbonyl (C=O) groups is 1. The zero-order valence-electron chi connectivity index (χ0n) is 24.8. The zero-order valence-corrected chi connectivity index (χ0v) is 24.8. The molecule has 1 rings (SSSR count). The van der Waals surface area contributed by atoms with Crippen LogP contribution in [-0.4, -0.2) is 5.97 Å². The van der Waals surface area contributed by atoms with Gasteiger partial charge < -0.3 is 4.74 Å². The van der Waals surface area contributed by atoms with Crippen molar-refractivity contribution in [3.05, 3.63) is 11.8 Å². The van der Waals surface area contributed by atoms with Crippen LogP contribution >= 0.6 is 0 Å². The SMILES string of the molecule is CCCCCCCCCCCCCC/C=C1/OC(=O)C1CCCCCCCCCCCCCCCC. The third-order valence-electron chi connectivity index (χ3n) is 8.10. The van der Waals surface area contributed by atoms with Gasteiger partial charge in [0.1, 0.15) is 11.7 Å². The maximum absolute atomic E-state index is 11.9. The average Bonchev–Trinajstić information content (AvgIpc) is 2.88. The van der Waals surface area contributed by atoms with E-state index in [-0.39, 0.29) is 11.9 Å². The molecule has 2 heteroatoms. The third kappa shape index (κ3) is 19.3. The Labute approximate surface area is 226 Å². The molecule has 1 heterocycles. The summed E-state index contributed by atoms with van der Waals surface area (Å²) in [6, 6.07) is 0. The van der Waals surface area contributed by atoms with E-state index in [0.717, 1.165) is 18.6 Å². The number of hydrogen-bond donors (Lipinski definition) is 0. The van der Waals surface area contributed by atoms with Crippen molar-refractivity contribution in [1.29, 1.82) is 0 Å². The van der Waals surface area contributed by atoms with Crippen molar-refractivity contribution < 1.29 is 9.53 Å². The number of cyclic esters (lactones) is 1. The Morgan fingerprint density at radius 3 is 1.19 bits per heavy atom. The van der Waals surface area contributed by atoms with Gasteiger partial charge in [0.2, 0.25) is 0 Å². The van der Waals surface area contributed by atoms with E-state index >= 15 is 0 Å². The Bertz CT molecular complexity index is 509. The Hall–Kier alpha value is -0.790. The fraction of sp³-hybridized carbons (Fsp3) is 0.912.